The Morgan fingerprint density at radius 1 is 1.00 bits per heavy atom. The van der Waals surface area contributed by atoms with Crippen molar-refractivity contribution in [1.82, 2.24) is 10.2 Å². The molecule has 9 heteroatoms. The molecular weight excluding hydrogens is 490 g/mol. The van der Waals surface area contributed by atoms with E-state index in [1.165, 1.54) is 28.4 Å². The fourth-order valence-corrected chi connectivity index (χ4v) is 4.93. The molecule has 0 aliphatic carbocycles. The molecule has 0 saturated carbocycles. The average molecular weight is 514 g/mol. The van der Waals surface area contributed by atoms with Crippen molar-refractivity contribution in [1.29, 1.82) is 0 Å². The number of aromatic hydroxyl groups is 1. The SMILES string of the molecule is Cc1cccc(COc2ccc(C(O)=C3C(=O)C(=O)N(c4nnc(C)s4)[C@H]3c3ccc(O)cc3)cc2)c1. The van der Waals surface area contributed by atoms with Crippen molar-refractivity contribution in [3.05, 3.63) is 106 Å². The van der Waals surface area contributed by atoms with Gasteiger partial charge < -0.3 is 14.9 Å². The second-order valence-electron chi connectivity index (χ2n) is 8.67. The zero-order chi connectivity index (χ0) is 26.1. The first-order chi connectivity index (χ1) is 17.8. The molecule has 186 valence electrons. The Labute approximate surface area is 217 Å². The van der Waals surface area contributed by atoms with Gasteiger partial charge in [0.05, 0.1) is 11.6 Å². The maximum Gasteiger partial charge on any atom is 0.301 e. The molecule has 0 bridgehead atoms. The summed E-state index contributed by atoms with van der Waals surface area (Å²) < 4.78 is 5.86. The lowest BCUT2D eigenvalue weighted by Gasteiger charge is -2.22. The first kappa shape index (κ1) is 24.2. The third kappa shape index (κ3) is 4.81. The van der Waals surface area contributed by atoms with Crippen molar-refractivity contribution in [3.63, 3.8) is 0 Å². The van der Waals surface area contributed by atoms with Crippen molar-refractivity contribution in [2.24, 2.45) is 0 Å². The zero-order valence-electron chi connectivity index (χ0n) is 20.1. The third-order valence-corrected chi connectivity index (χ3v) is 6.83. The highest BCUT2D eigenvalue weighted by molar-refractivity contribution is 7.15. The Hall–Kier alpha value is -4.50. The summed E-state index contributed by atoms with van der Waals surface area (Å²) in [5, 5.41) is 29.9. The minimum atomic E-state index is -0.940. The highest BCUT2D eigenvalue weighted by atomic mass is 32.1. The van der Waals surface area contributed by atoms with Gasteiger partial charge in [-0.25, -0.2) is 0 Å². The van der Waals surface area contributed by atoms with Gasteiger partial charge in [0.1, 0.15) is 28.9 Å². The number of carbonyl (C=O) groups is 2. The predicted octanol–water partition coefficient (Wildman–Crippen LogP) is 5.07. The van der Waals surface area contributed by atoms with Gasteiger partial charge in [-0.15, -0.1) is 10.2 Å². The van der Waals surface area contributed by atoms with Gasteiger partial charge in [-0.1, -0.05) is 53.3 Å². The van der Waals surface area contributed by atoms with E-state index >= 15 is 0 Å². The number of rotatable bonds is 6. The van der Waals surface area contributed by atoms with Crippen LogP contribution in [0.15, 0.2) is 78.4 Å². The molecule has 37 heavy (non-hydrogen) atoms. The number of amides is 1. The fourth-order valence-electron chi connectivity index (χ4n) is 4.22. The van der Waals surface area contributed by atoms with Gasteiger partial charge in [0.2, 0.25) is 5.13 Å². The number of ketones is 1. The lowest BCUT2D eigenvalue weighted by molar-refractivity contribution is -0.132. The predicted molar refractivity (Wildman–Crippen MR) is 139 cm³/mol. The average Bonchev–Trinajstić information content (AvgIpc) is 3.43. The summed E-state index contributed by atoms with van der Waals surface area (Å²) >= 11 is 1.17. The van der Waals surface area contributed by atoms with Crippen LogP contribution in [0.1, 0.15) is 33.3 Å². The van der Waals surface area contributed by atoms with Crippen molar-refractivity contribution in [2.75, 3.05) is 4.90 Å². The Kier molecular flexibility index (Phi) is 6.45. The molecule has 3 aromatic carbocycles. The van der Waals surface area contributed by atoms with Crippen LogP contribution in [-0.4, -0.2) is 32.1 Å². The fraction of sp³-hybridized carbons (Fsp3) is 0.143. The van der Waals surface area contributed by atoms with Crippen molar-refractivity contribution < 1.29 is 24.5 Å². The topological polar surface area (TPSA) is 113 Å². The molecular formula is C28H23N3O5S. The van der Waals surface area contributed by atoms with Crippen LogP contribution in [0.2, 0.25) is 0 Å². The van der Waals surface area contributed by atoms with E-state index in [1.54, 1.807) is 43.3 Å². The lowest BCUT2D eigenvalue weighted by atomic mass is 9.95. The number of phenolic OH excluding ortho intramolecular Hbond substituents is 1. The van der Waals surface area contributed by atoms with Crippen LogP contribution in [0.3, 0.4) is 0 Å². The number of phenols is 1. The molecule has 0 spiro atoms. The van der Waals surface area contributed by atoms with Crippen molar-refractivity contribution in [2.45, 2.75) is 26.5 Å². The Morgan fingerprint density at radius 3 is 2.38 bits per heavy atom. The molecule has 5 rings (SSSR count). The molecule has 8 nitrogen and oxygen atoms in total. The number of aryl methyl sites for hydroxylation is 2. The third-order valence-electron chi connectivity index (χ3n) is 5.99. The van der Waals surface area contributed by atoms with Gasteiger partial charge in [0, 0.05) is 5.56 Å². The number of aliphatic hydroxyl groups excluding tert-OH is 1. The summed E-state index contributed by atoms with van der Waals surface area (Å²) in [6, 6.07) is 19.9. The van der Waals surface area contributed by atoms with E-state index in [0.29, 0.717) is 28.5 Å². The minimum Gasteiger partial charge on any atom is -0.508 e. The molecule has 2 heterocycles. The Morgan fingerprint density at radius 2 is 1.73 bits per heavy atom. The highest BCUT2D eigenvalue weighted by Gasteiger charge is 2.48. The van der Waals surface area contributed by atoms with Crippen LogP contribution in [-0.2, 0) is 16.2 Å². The number of aromatic nitrogens is 2. The smallest absolute Gasteiger partial charge is 0.301 e. The summed E-state index contributed by atoms with van der Waals surface area (Å²) in [4.78, 5) is 27.5. The first-order valence-corrected chi connectivity index (χ1v) is 12.3. The van der Waals surface area contributed by atoms with Crippen LogP contribution in [0, 0.1) is 13.8 Å². The number of aliphatic hydroxyl groups is 1. The molecule has 1 aromatic heterocycles. The molecule has 1 saturated heterocycles. The van der Waals surface area contributed by atoms with Crippen LogP contribution in [0.25, 0.3) is 5.76 Å². The number of hydrogen-bond donors (Lipinski definition) is 2. The second-order valence-corrected chi connectivity index (χ2v) is 9.83. The van der Waals surface area contributed by atoms with Gasteiger partial charge >= 0.3 is 5.91 Å². The number of Topliss-reactive ketones (excluding diaryl/α,β-unsaturated/α-hetero) is 1. The van der Waals surface area contributed by atoms with E-state index in [0.717, 1.165) is 11.1 Å². The number of carbonyl (C=O) groups excluding carboxylic acids is 2. The first-order valence-electron chi connectivity index (χ1n) is 11.5. The number of hydrogen-bond acceptors (Lipinski definition) is 8. The lowest BCUT2D eigenvalue weighted by Crippen LogP contribution is -2.29. The van der Waals surface area contributed by atoms with Crippen LogP contribution in [0.4, 0.5) is 5.13 Å². The maximum atomic E-state index is 13.2. The van der Waals surface area contributed by atoms with E-state index in [4.69, 9.17) is 4.74 Å². The van der Waals surface area contributed by atoms with Crippen molar-refractivity contribution in [3.8, 4) is 11.5 Å². The zero-order valence-corrected chi connectivity index (χ0v) is 20.9. The van der Waals surface area contributed by atoms with Gasteiger partial charge in [0.25, 0.3) is 5.78 Å². The molecule has 1 amide bonds. The normalized spacial score (nSPS) is 16.8. The number of anilines is 1. The van der Waals surface area contributed by atoms with Crippen LogP contribution >= 0.6 is 11.3 Å². The van der Waals surface area contributed by atoms with E-state index < -0.39 is 17.7 Å². The number of nitrogens with zero attached hydrogens (tertiary/aromatic N) is 3. The summed E-state index contributed by atoms with van der Waals surface area (Å²) in [5.74, 6) is -1.32. The van der Waals surface area contributed by atoms with Gasteiger partial charge in [-0.2, -0.15) is 0 Å². The Balaban J connectivity index is 1.50. The van der Waals surface area contributed by atoms with Crippen molar-refractivity contribution >= 4 is 33.9 Å². The van der Waals surface area contributed by atoms with E-state index in [9.17, 15) is 19.8 Å². The van der Waals surface area contributed by atoms with E-state index in [1.807, 2.05) is 31.2 Å². The standard InChI is InChI=1S/C28H23N3O5S/c1-16-4-3-5-18(14-16)15-36-22-12-8-20(9-13-22)25(33)23-24(19-6-10-21(32)11-7-19)31(27(35)26(23)34)28-30-29-17(2)37-28/h3-14,24,32-33H,15H2,1-2H3/t24-/m0/s1. The molecule has 1 aliphatic heterocycles. The summed E-state index contributed by atoms with van der Waals surface area (Å²) in [5.41, 5.74) is 3.00. The van der Waals surface area contributed by atoms with E-state index in [2.05, 4.69) is 10.2 Å². The quantitative estimate of drug-likeness (QED) is 0.210. The monoisotopic (exact) mass is 513 g/mol. The summed E-state index contributed by atoms with van der Waals surface area (Å²) in [6.45, 7) is 4.15. The Bertz CT molecular complexity index is 1510. The van der Waals surface area contributed by atoms with Crippen LogP contribution in [0.5, 0.6) is 11.5 Å². The van der Waals surface area contributed by atoms with Gasteiger partial charge in [-0.3, -0.25) is 14.5 Å². The minimum absolute atomic E-state index is 0.0358. The molecule has 2 N–H and O–H groups in total. The second kappa shape index (κ2) is 9.87. The number of benzene rings is 3. The number of ether oxygens (including phenoxy) is 1. The van der Waals surface area contributed by atoms with E-state index in [-0.39, 0.29) is 22.2 Å². The largest absolute Gasteiger partial charge is 0.508 e. The summed E-state index contributed by atoms with van der Waals surface area (Å²) in [6.07, 6.45) is 0. The molecule has 4 aromatic rings. The maximum absolute atomic E-state index is 13.2. The van der Waals surface area contributed by atoms with Gasteiger partial charge in [-0.05, 0) is 61.4 Å². The highest BCUT2D eigenvalue weighted by Crippen LogP contribution is 2.43. The molecule has 1 atom stereocenters. The molecule has 0 radical (unpaired) electrons. The molecule has 1 aliphatic rings. The van der Waals surface area contributed by atoms with Gasteiger partial charge in [0.15, 0.2) is 0 Å². The molecule has 1 fully saturated rings. The van der Waals surface area contributed by atoms with Crippen LogP contribution < -0.4 is 9.64 Å². The summed E-state index contributed by atoms with van der Waals surface area (Å²) in [7, 11) is 0. The molecule has 0 unspecified atom stereocenters.